The Kier molecular flexibility index (Phi) is 4.41. The van der Waals surface area contributed by atoms with Gasteiger partial charge in [0.25, 0.3) is 0 Å². The molecule has 0 spiro atoms. The SMILES string of the molecule is O=C(O)Cc1cn2cc(-c3cccc(OCc4ccccc4)c3)nc2s1. The molecule has 5 nitrogen and oxygen atoms in total. The van der Waals surface area contributed by atoms with Gasteiger partial charge in [-0.1, -0.05) is 42.5 Å². The van der Waals surface area contributed by atoms with Gasteiger partial charge in [-0.2, -0.15) is 0 Å². The maximum absolute atomic E-state index is 10.8. The summed E-state index contributed by atoms with van der Waals surface area (Å²) in [4.78, 5) is 17.0. The predicted octanol–water partition coefficient (Wildman–Crippen LogP) is 4.27. The first-order valence-electron chi connectivity index (χ1n) is 8.14. The van der Waals surface area contributed by atoms with Crippen LogP contribution in [0.4, 0.5) is 0 Å². The van der Waals surface area contributed by atoms with E-state index in [1.54, 1.807) is 0 Å². The molecule has 0 fully saturated rings. The van der Waals surface area contributed by atoms with E-state index in [2.05, 4.69) is 4.98 Å². The van der Waals surface area contributed by atoms with Gasteiger partial charge in [0.1, 0.15) is 12.4 Å². The van der Waals surface area contributed by atoms with Crippen LogP contribution in [0, 0.1) is 0 Å². The molecule has 1 N–H and O–H groups in total. The van der Waals surface area contributed by atoms with E-state index in [1.165, 1.54) is 11.3 Å². The van der Waals surface area contributed by atoms with E-state index >= 15 is 0 Å². The lowest BCUT2D eigenvalue weighted by Gasteiger charge is -2.07. The third-order valence-electron chi connectivity index (χ3n) is 3.91. The number of thiazole rings is 1. The monoisotopic (exact) mass is 364 g/mol. The Morgan fingerprint density at radius 2 is 1.96 bits per heavy atom. The van der Waals surface area contributed by atoms with E-state index in [0.29, 0.717) is 6.61 Å². The molecule has 0 bridgehead atoms. The predicted molar refractivity (Wildman–Crippen MR) is 101 cm³/mol. The van der Waals surface area contributed by atoms with Crippen LogP contribution in [-0.2, 0) is 17.8 Å². The Hall–Kier alpha value is -3.12. The number of carboxylic acids is 1. The minimum atomic E-state index is -0.835. The highest BCUT2D eigenvalue weighted by atomic mass is 32.1. The average molecular weight is 364 g/mol. The number of aliphatic carboxylic acids is 1. The van der Waals surface area contributed by atoms with Crippen LogP contribution >= 0.6 is 11.3 Å². The lowest BCUT2D eigenvalue weighted by atomic mass is 10.1. The lowest BCUT2D eigenvalue weighted by Crippen LogP contribution is -1.97. The molecule has 0 amide bonds. The fourth-order valence-corrected chi connectivity index (χ4v) is 3.65. The van der Waals surface area contributed by atoms with Crippen molar-refractivity contribution in [1.29, 1.82) is 0 Å². The molecule has 0 aliphatic carbocycles. The van der Waals surface area contributed by atoms with E-state index in [-0.39, 0.29) is 6.42 Å². The molecular formula is C20H16N2O3S. The van der Waals surface area contributed by atoms with Crippen molar-refractivity contribution in [3.05, 3.63) is 77.4 Å². The molecule has 26 heavy (non-hydrogen) atoms. The summed E-state index contributed by atoms with van der Waals surface area (Å²) < 4.78 is 7.75. The number of imidazole rings is 1. The molecule has 0 atom stereocenters. The summed E-state index contributed by atoms with van der Waals surface area (Å²) in [5.41, 5.74) is 2.92. The van der Waals surface area contributed by atoms with Crippen LogP contribution in [0.25, 0.3) is 16.2 Å². The third kappa shape index (κ3) is 3.60. The smallest absolute Gasteiger partial charge is 0.308 e. The number of benzene rings is 2. The van der Waals surface area contributed by atoms with Crippen molar-refractivity contribution in [2.45, 2.75) is 13.0 Å². The third-order valence-corrected chi connectivity index (χ3v) is 4.90. The van der Waals surface area contributed by atoms with Gasteiger partial charge in [-0.05, 0) is 17.7 Å². The van der Waals surface area contributed by atoms with Crippen molar-refractivity contribution in [1.82, 2.24) is 9.38 Å². The summed E-state index contributed by atoms with van der Waals surface area (Å²) in [6, 6.07) is 17.8. The lowest BCUT2D eigenvalue weighted by molar-refractivity contribution is -0.136. The highest BCUT2D eigenvalue weighted by Crippen LogP contribution is 2.27. The molecule has 4 rings (SSSR count). The van der Waals surface area contributed by atoms with Crippen LogP contribution in [-0.4, -0.2) is 20.5 Å². The summed E-state index contributed by atoms with van der Waals surface area (Å²) in [5.74, 6) is -0.0488. The summed E-state index contributed by atoms with van der Waals surface area (Å²) in [5, 5.41) is 8.89. The van der Waals surface area contributed by atoms with Crippen LogP contribution in [0.2, 0.25) is 0 Å². The maximum Gasteiger partial charge on any atom is 0.308 e. The fraction of sp³-hybridized carbons (Fsp3) is 0.100. The molecule has 2 heterocycles. The van der Waals surface area contributed by atoms with Gasteiger partial charge in [0, 0.05) is 22.8 Å². The molecule has 6 heteroatoms. The Balaban J connectivity index is 1.53. The van der Waals surface area contributed by atoms with Crippen molar-refractivity contribution in [3.63, 3.8) is 0 Å². The number of carboxylic acid groups (broad SMARTS) is 1. The molecule has 130 valence electrons. The van der Waals surface area contributed by atoms with Gasteiger partial charge in [0.15, 0.2) is 4.96 Å². The molecule has 4 aromatic rings. The second kappa shape index (κ2) is 7.01. The highest BCUT2D eigenvalue weighted by Gasteiger charge is 2.11. The van der Waals surface area contributed by atoms with Crippen LogP contribution in [0.1, 0.15) is 10.4 Å². The van der Waals surface area contributed by atoms with Crippen LogP contribution in [0.3, 0.4) is 0 Å². The van der Waals surface area contributed by atoms with Crippen LogP contribution < -0.4 is 4.74 Å². The topological polar surface area (TPSA) is 63.8 Å². The summed E-state index contributed by atoms with van der Waals surface area (Å²) in [7, 11) is 0. The largest absolute Gasteiger partial charge is 0.489 e. The molecule has 0 unspecified atom stereocenters. The molecular weight excluding hydrogens is 348 g/mol. The van der Waals surface area contributed by atoms with Crippen molar-refractivity contribution in [2.75, 3.05) is 0 Å². The zero-order chi connectivity index (χ0) is 17.9. The molecule has 0 saturated heterocycles. The molecule has 0 aliphatic heterocycles. The second-order valence-electron chi connectivity index (χ2n) is 5.89. The first-order valence-corrected chi connectivity index (χ1v) is 8.95. The van der Waals surface area contributed by atoms with E-state index in [0.717, 1.165) is 32.4 Å². The average Bonchev–Trinajstić information content (AvgIpc) is 3.19. The van der Waals surface area contributed by atoms with Crippen molar-refractivity contribution in [3.8, 4) is 17.0 Å². The number of aromatic nitrogens is 2. The van der Waals surface area contributed by atoms with Gasteiger partial charge in [-0.25, -0.2) is 4.98 Å². The first-order chi connectivity index (χ1) is 12.7. The summed E-state index contributed by atoms with van der Waals surface area (Å²) in [6.07, 6.45) is 3.75. The van der Waals surface area contributed by atoms with Gasteiger partial charge in [-0.15, -0.1) is 11.3 Å². The van der Waals surface area contributed by atoms with E-state index in [1.807, 2.05) is 71.4 Å². The number of hydrogen-bond acceptors (Lipinski definition) is 4. The standard InChI is InChI=1S/C20H16N2O3S/c23-19(24)10-17-11-22-12-18(21-20(22)26-17)15-7-4-8-16(9-15)25-13-14-5-2-1-3-6-14/h1-9,11-12H,10,13H2,(H,23,24). The van der Waals surface area contributed by atoms with Crippen LogP contribution in [0.5, 0.6) is 5.75 Å². The van der Waals surface area contributed by atoms with Gasteiger partial charge in [0.2, 0.25) is 0 Å². The van der Waals surface area contributed by atoms with E-state index in [4.69, 9.17) is 9.84 Å². The number of ether oxygens (including phenoxy) is 1. The fourth-order valence-electron chi connectivity index (χ4n) is 2.70. The zero-order valence-electron chi connectivity index (χ0n) is 13.8. The highest BCUT2D eigenvalue weighted by molar-refractivity contribution is 7.17. The molecule has 0 aliphatic rings. The number of fused-ring (bicyclic) bond motifs is 1. The first kappa shape index (κ1) is 16.4. The van der Waals surface area contributed by atoms with Crippen LogP contribution in [0.15, 0.2) is 67.0 Å². The van der Waals surface area contributed by atoms with E-state index in [9.17, 15) is 4.79 Å². The Labute approximate surface area is 154 Å². The van der Waals surface area contributed by atoms with Crippen molar-refractivity contribution < 1.29 is 14.6 Å². The molecule has 0 radical (unpaired) electrons. The quantitative estimate of drug-likeness (QED) is 0.555. The zero-order valence-corrected chi connectivity index (χ0v) is 14.6. The Bertz CT molecular complexity index is 1020. The van der Waals surface area contributed by atoms with E-state index < -0.39 is 5.97 Å². The summed E-state index contributed by atoms with van der Waals surface area (Å²) in [6.45, 7) is 0.515. The van der Waals surface area contributed by atoms with Crippen molar-refractivity contribution >= 4 is 22.3 Å². The number of rotatable bonds is 6. The van der Waals surface area contributed by atoms with Gasteiger partial charge in [-0.3, -0.25) is 9.20 Å². The molecule has 2 aromatic carbocycles. The summed E-state index contributed by atoms with van der Waals surface area (Å²) >= 11 is 1.39. The minimum Gasteiger partial charge on any atom is -0.489 e. The number of hydrogen-bond donors (Lipinski definition) is 1. The van der Waals surface area contributed by atoms with Gasteiger partial charge >= 0.3 is 5.97 Å². The maximum atomic E-state index is 10.8. The van der Waals surface area contributed by atoms with Gasteiger partial charge < -0.3 is 9.84 Å². The normalized spacial score (nSPS) is 10.9. The van der Waals surface area contributed by atoms with Crippen molar-refractivity contribution in [2.24, 2.45) is 0 Å². The Morgan fingerprint density at radius 1 is 1.12 bits per heavy atom. The van der Waals surface area contributed by atoms with Gasteiger partial charge in [0.05, 0.1) is 12.1 Å². The molecule has 0 saturated carbocycles. The number of carbonyl (C=O) groups is 1. The molecule has 2 aromatic heterocycles. The number of nitrogens with zero attached hydrogens (tertiary/aromatic N) is 2. The Morgan fingerprint density at radius 3 is 2.73 bits per heavy atom. The minimum absolute atomic E-state index is 0.0200. The second-order valence-corrected chi connectivity index (χ2v) is 6.98.